The Bertz CT molecular complexity index is 1650. The average molecular weight is 1070 g/mol. The van der Waals surface area contributed by atoms with Gasteiger partial charge in [0.25, 0.3) is 0 Å². The summed E-state index contributed by atoms with van der Waals surface area (Å²) in [6.45, 7) is 6.34. The maximum atomic E-state index is 12.9. The molecule has 0 amide bonds. The van der Waals surface area contributed by atoms with Crippen LogP contribution in [0.1, 0.15) is 278 Å². The van der Waals surface area contributed by atoms with Crippen LogP contribution in [0.5, 0.6) is 0 Å². The van der Waals surface area contributed by atoms with E-state index >= 15 is 0 Å². The van der Waals surface area contributed by atoms with Gasteiger partial charge in [0.05, 0.1) is 0 Å². The topological polar surface area (TPSA) is 78.9 Å². The molecule has 0 aromatic rings. The van der Waals surface area contributed by atoms with Gasteiger partial charge in [-0.1, -0.05) is 289 Å². The van der Waals surface area contributed by atoms with E-state index in [1.165, 1.54) is 103 Å². The van der Waals surface area contributed by atoms with Gasteiger partial charge in [-0.05, 0) is 103 Å². The molecule has 0 saturated heterocycles. The molecule has 1 unspecified atom stereocenters. The maximum Gasteiger partial charge on any atom is 0.306 e. The quantitative estimate of drug-likeness (QED) is 0.0261. The van der Waals surface area contributed by atoms with Crippen molar-refractivity contribution >= 4 is 17.9 Å². The third-order valence-electron chi connectivity index (χ3n) is 13.2. The van der Waals surface area contributed by atoms with Crippen LogP contribution in [0.2, 0.25) is 0 Å². The molecule has 0 N–H and O–H groups in total. The van der Waals surface area contributed by atoms with Crippen molar-refractivity contribution in [3.63, 3.8) is 0 Å². The number of ether oxygens (including phenoxy) is 3. The molecular formula is C71H116O6. The molecule has 0 fully saturated rings. The van der Waals surface area contributed by atoms with Gasteiger partial charge in [-0.25, -0.2) is 0 Å². The Hall–Kier alpha value is -4.45. The zero-order valence-electron chi connectivity index (χ0n) is 49.9. The first-order chi connectivity index (χ1) is 38.0. The summed E-state index contributed by atoms with van der Waals surface area (Å²) in [5.41, 5.74) is 0. The number of unbranched alkanes of at least 4 members (excludes halogenated alkanes) is 23. The van der Waals surface area contributed by atoms with Crippen LogP contribution in [0.3, 0.4) is 0 Å². The Labute approximate surface area is 475 Å². The van der Waals surface area contributed by atoms with Crippen molar-refractivity contribution in [2.24, 2.45) is 0 Å². The Morgan fingerprint density at radius 1 is 0.273 bits per heavy atom. The van der Waals surface area contributed by atoms with Crippen LogP contribution in [0.25, 0.3) is 0 Å². The van der Waals surface area contributed by atoms with Crippen LogP contribution in [0.15, 0.2) is 134 Å². The molecule has 6 heteroatoms. The van der Waals surface area contributed by atoms with Crippen LogP contribution >= 0.6 is 0 Å². The lowest BCUT2D eigenvalue weighted by molar-refractivity contribution is -0.166. The Kier molecular flexibility index (Phi) is 60.4. The molecule has 0 aromatic carbocycles. The lowest BCUT2D eigenvalue weighted by Gasteiger charge is -2.18. The first-order valence-corrected chi connectivity index (χ1v) is 31.7. The second-order valence-corrected chi connectivity index (χ2v) is 20.6. The minimum absolute atomic E-state index is 0.112. The highest BCUT2D eigenvalue weighted by Crippen LogP contribution is 2.16. The summed E-state index contributed by atoms with van der Waals surface area (Å²) in [4.78, 5) is 38.2. The van der Waals surface area contributed by atoms with Gasteiger partial charge in [0.15, 0.2) is 6.10 Å². The minimum atomic E-state index is -0.819. The molecule has 0 bridgehead atoms. The first-order valence-electron chi connectivity index (χ1n) is 31.7. The molecule has 0 saturated carbocycles. The number of hydrogen-bond donors (Lipinski definition) is 0. The molecule has 1 atom stereocenters. The standard InChI is InChI=1S/C71H116O6/c1-4-7-10-13-16-19-22-25-27-29-31-32-33-34-35-36-37-38-40-41-43-46-49-52-55-58-61-64-70(73)76-67-68(66-75-69(72)63-60-57-54-51-48-45-24-21-18-15-12-9-6-3)77-71(74)65-62-59-56-53-50-47-44-42-39-30-28-26-23-20-17-14-11-8-5-2/h7,9-10,12,16,18-19,21,25,27,31-32,34-35,37-38,41,43,45,48,54,57,68H,4-6,8,11,13-15,17,20,22-24,26,28-30,33,36,39-40,42,44,46-47,49-53,55-56,58-67H2,1-3H3/b10-7-,12-9-,19-16-,21-18-,27-25-,32-31-,35-34-,38-37-,43-41-,48-45-,57-54-. The predicted octanol–water partition coefficient (Wildman–Crippen LogP) is 21.8. The van der Waals surface area contributed by atoms with Gasteiger partial charge in [0, 0.05) is 19.3 Å². The van der Waals surface area contributed by atoms with E-state index in [1.54, 1.807) is 0 Å². The van der Waals surface area contributed by atoms with Crippen LogP contribution in [-0.2, 0) is 28.6 Å². The van der Waals surface area contributed by atoms with E-state index in [1.807, 2.05) is 6.08 Å². The monoisotopic (exact) mass is 1060 g/mol. The summed E-state index contributed by atoms with van der Waals surface area (Å²) < 4.78 is 16.8. The summed E-state index contributed by atoms with van der Waals surface area (Å²) in [5.74, 6) is -1.01. The van der Waals surface area contributed by atoms with E-state index in [4.69, 9.17) is 14.2 Å². The van der Waals surface area contributed by atoms with E-state index in [9.17, 15) is 14.4 Å². The third kappa shape index (κ3) is 62.3. The highest BCUT2D eigenvalue weighted by Gasteiger charge is 2.19. The maximum absolute atomic E-state index is 12.9. The summed E-state index contributed by atoms with van der Waals surface area (Å²) in [6.07, 6.45) is 90.4. The predicted molar refractivity (Wildman–Crippen MR) is 334 cm³/mol. The van der Waals surface area contributed by atoms with Crippen LogP contribution < -0.4 is 0 Å². The van der Waals surface area contributed by atoms with Crippen molar-refractivity contribution in [3.05, 3.63) is 134 Å². The fourth-order valence-corrected chi connectivity index (χ4v) is 8.50. The number of hydrogen-bond acceptors (Lipinski definition) is 6. The molecule has 0 radical (unpaired) electrons. The molecule has 0 heterocycles. The Morgan fingerprint density at radius 2 is 0.532 bits per heavy atom. The largest absolute Gasteiger partial charge is 0.462 e. The number of esters is 3. The van der Waals surface area contributed by atoms with Crippen LogP contribution in [-0.4, -0.2) is 37.2 Å². The summed E-state index contributed by atoms with van der Waals surface area (Å²) in [7, 11) is 0. The van der Waals surface area contributed by atoms with Crippen LogP contribution in [0, 0.1) is 0 Å². The van der Waals surface area contributed by atoms with Crippen molar-refractivity contribution in [3.8, 4) is 0 Å². The molecular weight excluding hydrogens is 949 g/mol. The number of rotatable bonds is 56. The van der Waals surface area contributed by atoms with Gasteiger partial charge in [-0.3, -0.25) is 14.4 Å². The van der Waals surface area contributed by atoms with Gasteiger partial charge in [0.2, 0.25) is 0 Å². The molecule has 0 spiro atoms. The van der Waals surface area contributed by atoms with Gasteiger partial charge in [-0.15, -0.1) is 0 Å². The normalized spacial score (nSPS) is 13.0. The molecule has 436 valence electrons. The van der Waals surface area contributed by atoms with E-state index in [0.29, 0.717) is 19.3 Å². The lowest BCUT2D eigenvalue weighted by Crippen LogP contribution is -2.30. The minimum Gasteiger partial charge on any atom is -0.462 e. The van der Waals surface area contributed by atoms with Crippen molar-refractivity contribution < 1.29 is 28.6 Å². The van der Waals surface area contributed by atoms with Crippen molar-refractivity contribution in [2.75, 3.05) is 13.2 Å². The van der Waals surface area contributed by atoms with Crippen LogP contribution in [0.4, 0.5) is 0 Å². The SMILES string of the molecule is CC/C=C\C/C=C\C/C=C\C/C=C\C/C=C\C/C=C\C/C=C\CCCCCCCC(=O)OCC(COC(=O)CC/C=C\C/C=C\C/C=C\C/C=C\CC)OC(=O)CCCCCCCCCCCCCCCCCCCCC. The second kappa shape index (κ2) is 64.1. The van der Waals surface area contributed by atoms with Gasteiger partial charge in [-0.2, -0.15) is 0 Å². The molecule has 0 aliphatic carbocycles. The molecule has 0 aliphatic rings. The zero-order valence-corrected chi connectivity index (χ0v) is 49.9. The van der Waals surface area contributed by atoms with Gasteiger partial charge < -0.3 is 14.2 Å². The lowest BCUT2D eigenvalue weighted by atomic mass is 10.0. The molecule has 6 nitrogen and oxygen atoms in total. The van der Waals surface area contributed by atoms with E-state index in [2.05, 4.69) is 148 Å². The number of carbonyl (C=O) groups is 3. The molecule has 0 rings (SSSR count). The smallest absolute Gasteiger partial charge is 0.306 e. The Morgan fingerprint density at radius 3 is 0.870 bits per heavy atom. The van der Waals surface area contributed by atoms with Crippen molar-refractivity contribution in [1.82, 2.24) is 0 Å². The average Bonchev–Trinajstić information content (AvgIpc) is 3.43. The second-order valence-electron chi connectivity index (χ2n) is 20.6. The Balaban J connectivity index is 4.42. The fourth-order valence-electron chi connectivity index (χ4n) is 8.50. The van der Waals surface area contributed by atoms with Crippen molar-refractivity contribution in [2.45, 2.75) is 284 Å². The summed E-state index contributed by atoms with van der Waals surface area (Å²) >= 11 is 0. The highest BCUT2D eigenvalue weighted by molar-refractivity contribution is 5.71. The molecule has 0 aliphatic heterocycles. The van der Waals surface area contributed by atoms with E-state index < -0.39 is 6.10 Å². The van der Waals surface area contributed by atoms with E-state index in [0.717, 1.165) is 128 Å². The molecule has 0 aromatic heterocycles. The fraction of sp³-hybridized carbons (Fsp3) is 0.648. The van der Waals surface area contributed by atoms with E-state index in [-0.39, 0.29) is 37.5 Å². The zero-order chi connectivity index (χ0) is 55.7. The highest BCUT2D eigenvalue weighted by atomic mass is 16.6. The number of allylic oxidation sites excluding steroid dienone is 22. The molecule has 77 heavy (non-hydrogen) atoms. The van der Waals surface area contributed by atoms with Gasteiger partial charge in [0.1, 0.15) is 13.2 Å². The van der Waals surface area contributed by atoms with Gasteiger partial charge >= 0.3 is 17.9 Å². The first kappa shape index (κ1) is 72.5. The third-order valence-corrected chi connectivity index (χ3v) is 13.2. The number of carbonyl (C=O) groups excluding carboxylic acids is 3. The summed E-state index contributed by atoms with van der Waals surface area (Å²) in [6, 6.07) is 0. The van der Waals surface area contributed by atoms with Crippen molar-refractivity contribution in [1.29, 1.82) is 0 Å². The summed E-state index contributed by atoms with van der Waals surface area (Å²) in [5, 5.41) is 0.